The summed E-state index contributed by atoms with van der Waals surface area (Å²) in [7, 11) is 4.19. The zero-order valence-electron chi connectivity index (χ0n) is 8.16. The Labute approximate surface area is 83.9 Å². The molecule has 0 aromatic rings. The molecule has 1 aliphatic heterocycles. The average molecular weight is 365 g/mol. The molecule has 1 heterocycles. The zero-order chi connectivity index (χ0) is 8.97. The van der Waals surface area contributed by atoms with Gasteiger partial charge in [0.15, 0.2) is 0 Å². The summed E-state index contributed by atoms with van der Waals surface area (Å²) >= 11 is -1.54. The molecule has 70 valence electrons. The molecule has 1 aliphatic rings. The Kier molecular flexibility index (Phi) is 4.70. The molecule has 1 rings (SSSR count). The van der Waals surface area contributed by atoms with Crippen molar-refractivity contribution in [2.75, 3.05) is 14.1 Å². The van der Waals surface area contributed by atoms with Crippen molar-refractivity contribution in [2.24, 2.45) is 0 Å². The fourth-order valence-electron chi connectivity index (χ4n) is 1.25. The topological polar surface area (TPSA) is 12.5 Å². The molecule has 0 aliphatic carbocycles. The molecule has 0 amide bonds. The number of rotatable bonds is 4. The molecule has 0 saturated carbocycles. The Balaban J connectivity index is 2.31. The molecule has 1 atom stereocenters. The molecular weight excluding hydrogens is 347 g/mol. The first kappa shape index (κ1) is 10.6. The number of nitrogens with zero attached hydrogens (tertiary/aromatic N) is 1. The van der Waals surface area contributed by atoms with Gasteiger partial charge in [-0.25, -0.2) is 0 Å². The van der Waals surface area contributed by atoms with E-state index in [1.165, 1.54) is 10.5 Å². The summed E-state index contributed by atoms with van der Waals surface area (Å²) in [6.07, 6.45) is 5.03. The van der Waals surface area contributed by atoms with Crippen LogP contribution in [0.15, 0.2) is 9.86 Å². The van der Waals surface area contributed by atoms with Gasteiger partial charge in [-0.15, -0.1) is 0 Å². The predicted octanol–water partition coefficient (Wildman–Crippen LogP) is 1.79. The van der Waals surface area contributed by atoms with Crippen LogP contribution >= 0.6 is 0 Å². The molecule has 0 bridgehead atoms. The quantitative estimate of drug-likeness (QED) is 0.557. The van der Waals surface area contributed by atoms with Gasteiger partial charge in [0.1, 0.15) is 0 Å². The first-order valence-electron chi connectivity index (χ1n) is 4.50. The van der Waals surface area contributed by atoms with E-state index in [2.05, 4.69) is 35.8 Å². The van der Waals surface area contributed by atoms with Gasteiger partial charge in [-0.1, -0.05) is 0 Å². The van der Waals surface area contributed by atoms with Crippen LogP contribution in [0.4, 0.5) is 0 Å². The molecule has 1 unspecified atom stereocenters. The van der Waals surface area contributed by atoms with E-state index in [1.54, 1.807) is 0 Å². The van der Waals surface area contributed by atoms with Crippen molar-refractivity contribution < 1.29 is 2.81 Å². The van der Waals surface area contributed by atoms with Crippen LogP contribution in [0.3, 0.4) is 0 Å². The van der Waals surface area contributed by atoms with Gasteiger partial charge in [-0.3, -0.25) is 0 Å². The van der Waals surface area contributed by atoms with Crippen molar-refractivity contribution in [1.29, 1.82) is 0 Å². The van der Waals surface area contributed by atoms with Gasteiger partial charge in [0.2, 0.25) is 0 Å². The fourth-order valence-corrected chi connectivity index (χ4v) is 8.10. The molecule has 0 aromatic carbocycles. The van der Waals surface area contributed by atoms with E-state index in [0.717, 1.165) is 6.42 Å². The SMILES string of the molecule is CCC([O][Bi]1[CH]=CC[CH2]1)N(C)C. The maximum atomic E-state index is 6.06. The van der Waals surface area contributed by atoms with Crippen LogP contribution in [-0.4, -0.2) is 47.4 Å². The van der Waals surface area contributed by atoms with E-state index < -0.39 is 22.2 Å². The van der Waals surface area contributed by atoms with Gasteiger partial charge >= 0.3 is 84.0 Å². The molecule has 12 heavy (non-hydrogen) atoms. The van der Waals surface area contributed by atoms with Gasteiger partial charge in [-0.2, -0.15) is 0 Å². The van der Waals surface area contributed by atoms with Crippen LogP contribution in [0.1, 0.15) is 19.8 Å². The van der Waals surface area contributed by atoms with Gasteiger partial charge in [0, 0.05) is 0 Å². The molecule has 0 fully saturated rings. The first-order chi connectivity index (χ1) is 5.74. The third-order valence-corrected chi connectivity index (χ3v) is 8.80. The zero-order valence-corrected chi connectivity index (χ0v) is 11.6. The molecule has 0 spiro atoms. The van der Waals surface area contributed by atoms with Crippen LogP contribution in [-0.2, 0) is 2.81 Å². The second-order valence-electron chi connectivity index (χ2n) is 3.25. The van der Waals surface area contributed by atoms with Crippen LogP contribution in [0.25, 0.3) is 0 Å². The summed E-state index contributed by atoms with van der Waals surface area (Å²) in [5.41, 5.74) is 0. The Bertz CT molecular complexity index is 159. The Morgan fingerprint density at radius 2 is 2.33 bits per heavy atom. The predicted molar refractivity (Wildman–Crippen MR) is 53.2 cm³/mol. The van der Waals surface area contributed by atoms with E-state index in [9.17, 15) is 0 Å². The third-order valence-electron chi connectivity index (χ3n) is 1.97. The third kappa shape index (κ3) is 3.12. The van der Waals surface area contributed by atoms with Crippen LogP contribution < -0.4 is 0 Å². The summed E-state index contributed by atoms with van der Waals surface area (Å²) < 4.78 is 9.80. The molecule has 3 heteroatoms. The number of hydrogen-bond acceptors (Lipinski definition) is 2. The van der Waals surface area contributed by atoms with Crippen molar-refractivity contribution in [1.82, 2.24) is 4.90 Å². The minimum atomic E-state index is -1.54. The van der Waals surface area contributed by atoms with Crippen LogP contribution in [0, 0.1) is 0 Å². The molecule has 0 radical (unpaired) electrons. The van der Waals surface area contributed by atoms with Gasteiger partial charge in [-0.05, 0) is 0 Å². The standard InChI is InChI=1S/C5H12NO.C4H6.Bi/c1-4-5(7)6(2)3;1-3-4-2;/h5H,4H2,1-3H3;1,3H,2,4H2;/q-1;;+1. The number of hydrogen-bond donors (Lipinski definition) is 0. The summed E-state index contributed by atoms with van der Waals surface area (Å²) in [5.74, 6) is 0. The van der Waals surface area contributed by atoms with Crippen LogP contribution in [0.2, 0.25) is 4.13 Å². The van der Waals surface area contributed by atoms with Crippen molar-refractivity contribution >= 4 is 22.2 Å². The molecule has 0 N–H and O–H groups in total. The molecule has 0 saturated heterocycles. The summed E-state index contributed by atoms with van der Waals surface area (Å²) in [4.78, 5) is 2.18. The van der Waals surface area contributed by atoms with Gasteiger partial charge in [0.25, 0.3) is 0 Å². The summed E-state index contributed by atoms with van der Waals surface area (Å²) in [5, 5.41) is 0. The number of allylic oxidation sites excluding steroid dienone is 1. The van der Waals surface area contributed by atoms with Crippen LogP contribution in [0.5, 0.6) is 0 Å². The molecule has 2 nitrogen and oxygen atoms in total. The van der Waals surface area contributed by atoms with Crippen molar-refractivity contribution in [3.63, 3.8) is 0 Å². The maximum absolute atomic E-state index is 6.06. The van der Waals surface area contributed by atoms with Crippen molar-refractivity contribution in [3.05, 3.63) is 9.86 Å². The van der Waals surface area contributed by atoms with Gasteiger partial charge < -0.3 is 0 Å². The summed E-state index contributed by atoms with van der Waals surface area (Å²) in [6.45, 7) is 2.19. The monoisotopic (exact) mass is 365 g/mol. The van der Waals surface area contributed by atoms with E-state index >= 15 is 0 Å². The summed E-state index contributed by atoms with van der Waals surface area (Å²) in [6, 6.07) is 0. The van der Waals surface area contributed by atoms with Crippen molar-refractivity contribution in [3.8, 4) is 0 Å². The van der Waals surface area contributed by atoms with Crippen molar-refractivity contribution in [2.45, 2.75) is 30.1 Å². The molecular formula is C9H18BiNO. The molecule has 0 aromatic heterocycles. The fraction of sp³-hybridized carbons (Fsp3) is 0.778. The second kappa shape index (κ2) is 5.31. The van der Waals surface area contributed by atoms with E-state index in [-0.39, 0.29) is 0 Å². The van der Waals surface area contributed by atoms with E-state index in [4.69, 9.17) is 2.81 Å². The van der Waals surface area contributed by atoms with E-state index in [0.29, 0.717) is 6.23 Å². The Hall–Kier alpha value is 0.543. The average Bonchev–Trinajstić information content (AvgIpc) is 2.51. The minimum absolute atomic E-state index is 0.366. The first-order valence-corrected chi connectivity index (χ1v) is 10.4. The second-order valence-corrected chi connectivity index (χ2v) is 10.2. The Morgan fingerprint density at radius 3 is 2.75 bits per heavy atom. The normalized spacial score (nSPS) is 20.7. The van der Waals surface area contributed by atoms with E-state index in [1.807, 2.05) is 0 Å². The van der Waals surface area contributed by atoms with Gasteiger partial charge in [0.05, 0.1) is 0 Å². The Morgan fingerprint density at radius 1 is 1.58 bits per heavy atom.